The number of carbonyl (C=O) groups excluding carboxylic acids is 2. The quantitative estimate of drug-likeness (QED) is 0.880. The molecule has 1 saturated heterocycles. The number of aryl methyl sites for hydroxylation is 1. The minimum Gasteiger partial charge on any atom is -0.353 e. The molecule has 4 heteroatoms. The van der Waals surface area contributed by atoms with Gasteiger partial charge in [0, 0.05) is 31.6 Å². The van der Waals surface area contributed by atoms with Gasteiger partial charge in [-0.2, -0.15) is 0 Å². The molecule has 1 aliphatic heterocycles. The molecule has 1 aromatic rings. The summed E-state index contributed by atoms with van der Waals surface area (Å²) in [5.41, 5.74) is 1.79. The molecule has 1 aromatic carbocycles. The van der Waals surface area contributed by atoms with Crippen LogP contribution in [0, 0.1) is 6.92 Å². The highest BCUT2D eigenvalue weighted by Crippen LogP contribution is 2.16. The molecule has 19 heavy (non-hydrogen) atoms. The molecule has 0 unspecified atom stereocenters. The van der Waals surface area contributed by atoms with Gasteiger partial charge in [0.1, 0.15) is 0 Å². The van der Waals surface area contributed by atoms with Crippen molar-refractivity contribution < 1.29 is 9.59 Å². The number of hydrogen-bond donors (Lipinski definition) is 1. The summed E-state index contributed by atoms with van der Waals surface area (Å²) in [5, 5.41) is 2.92. The lowest BCUT2D eigenvalue weighted by Crippen LogP contribution is -2.46. The zero-order valence-electron chi connectivity index (χ0n) is 11.5. The van der Waals surface area contributed by atoms with Gasteiger partial charge in [-0.3, -0.25) is 9.59 Å². The number of likely N-dealkylation sites (tertiary alicyclic amines) is 1. The topological polar surface area (TPSA) is 49.4 Å². The monoisotopic (exact) mass is 260 g/mol. The van der Waals surface area contributed by atoms with Crippen LogP contribution in [-0.4, -0.2) is 35.8 Å². The largest absolute Gasteiger partial charge is 0.353 e. The van der Waals surface area contributed by atoms with Crippen LogP contribution in [0.2, 0.25) is 0 Å². The van der Waals surface area contributed by atoms with Crippen LogP contribution in [0.4, 0.5) is 0 Å². The number of amides is 2. The molecule has 0 spiro atoms. The zero-order chi connectivity index (χ0) is 13.8. The molecule has 1 heterocycles. The molecular formula is C15H20N2O2. The van der Waals surface area contributed by atoms with Gasteiger partial charge in [-0.1, -0.05) is 18.2 Å². The molecule has 0 radical (unpaired) electrons. The van der Waals surface area contributed by atoms with E-state index < -0.39 is 0 Å². The van der Waals surface area contributed by atoms with E-state index in [4.69, 9.17) is 0 Å². The summed E-state index contributed by atoms with van der Waals surface area (Å²) in [6.45, 7) is 4.90. The first-order chi connectivity index (χ1) is 9.08. The van der Waals surface area contributed by atoms with Crippen molar-refractivity contribution in [3.8, 4) is 0 Å². The van der Waals surface area contributed by atoms with Crippen molar-refractivity contribution in [1.29, 1.82) is 0 Å². The number of piperidine rings is 1. The van der Waals surface area contributed by atoms with E-state index >= 15 is 0 Å². The van der Waals surface area contributed by atoms with Crippen molar-refractivity contribution in [1.82, 2.24) is 10.2 Å². The summed E-state index contributed by atoms with van der Waals surface area (Å²) >= 11 is 0. The summed E-state index contributed by atoms with van der Waals surface area (Å²) in [6.07, 6.45) is 1.66. The molecule has 2 amide bonds. The summed E-state index contributed by atoms with van der Waals surface area (Å²) in [7, 11) is 0. The van der Waals surface area contributed by atoms with Crippen molar-refractivity contribution >= 4 is 11.8 Å². The number of benzene rings is 1. The van der Waals surface area contributed by atoms with Gasteiger partial charge in [-0.25, -0.2) is 0 Å². The Morgan fingerprint density at radius 3 is 2.42 bits per heavy atom. The fourth-order valence-electron chi connectivity index (χ4n) is 2.50. The maximum atomic E-state index is 12.4. The Bertz CT molecular complexity index is 477. The first-order valence-electron chi connectivity index (χ1n) is 6.70. The minimum absolute atomic E-state index is 0.00341. The second-order valence-corrected chi connectivity index (χ2v) is 5.08. The molecule has 0 bridgehead atoms. The SMILES string of the molecule is CC(=O)NC1CCN(C(=O)c2ccccc2C)CC1. The Balaban J connectivity index is 1.96. The second-order valence-electron chi connectivity index (χ2n) is 5.08. The van der Waals surface area contributed by atoms with E-state index in [1.54, 1.807) is 0 Å². The summed E-state index contributed by atoms with van der Waals surface area (Å²) < 4.78 is 0. The number of carbonyl (C=O) groups is 2. The van der Waals surface area contributed by atoms with Crippen LogP contribution in [0.5, 0.6) is 0 Å². The van der Waals surface area contributed by atoms with Gasteiger partial charge in [0.15, 0.2) is 0 Å². The van der Waals surface area contributed by atoms with Crippen molar-refractivity contribution in [2.45, 2.75) is 32.7 Å². The number of hydrogen-bond acceptors (Lipinski definition) is 2. The highest BCUT2D eigenvalue weighted by molar-refractivity contribution is 5.95. The third-order valence-electron chi connectivity index (χ3n) is 3.57. The molecule has 1 aliphatic rings. The number of rotatable bonds is 2. The van der Waals surface area contributed by atoms with E-state index in [1.165, 1.54) is 6.92 Å². The van der Waals surface area contributed by atoms with Crippen LogP contribution in [-0.2, 0) is 4.79 Å². The Hall–Kier alpha value is -1.84. The zero-order valence-corrected chi connectivity index (χ0v) is 11.5. The van der Waals surface area contributed by atoms with Crippen LogP contribution >= 0.6 is 0 Å². The van der Waals surface area contributed by atoms with E-state index in [2.05, 4.69) is 5.32 Å². The van der Waals surface area contributed by atoms with Crippen LogP contribution in [0.3, 0.4) is 0 Å². The highest BCUT2D eigenvalue weighted by Gasteiger charge is 2.24. The maximum Gasteiger partial charge on any atom is 0.254 e. The predicted molar refractivity (Wildman–Crippen MR) is 73.9 cm³/mol. The maximum absolute atomic E-state index is 12.4. The van der Waals surface area contributed by atoms with Gasteiger partial charge >= 0.3 is 0 Å². The number of nitrogens with zero attached hydrogens (tertiary/aromatic N) is 1. The van der Waals surface area contributed by atoms with Crippen LogP contribution in [0.1, 0.15) is 35.7 Å². The fraction of sp³-hybridized carbons (Fsp3) is 0.467. The first-order valence-corrected chi connectivity index (χ1v) is 6.70. The van der Waals surface area contributed by atoms with Gasteiger partial charge in [-0.05, 0) is 31.4 Å². The molecule has 2 rings (SSSR count). The van der Waals surface area contributed by atoms with E-state index in [0.29, 0.717) is 13.1 Å². The molecule has 1 fully saturated rings. The van der Waals surface area contributed by atoms with Crippen molar-refractivity contribution in [3.05, 3.63) is 35.4 Å². The van der Waals surface area contributed by atoms with E-state index in [-0.39, 0.29) is 17.9 Å². The molecule has 0 saturated carbocycles. The van der Waals surface area contributed by atoms with Crippen LogP contribution in [0.15, 0.2) is 24.3 Å². The lowest BCUT2D eigenvalue weighted by molar-refractivity contribution is -0.119. The van der Waals surface area contributed by atoms with Crippen LogP contribution < -0.4 is 5.32 Å². The van der Waals surface area contributed by atoms with Gasteiger partial charge in [-0.15, -0.1) is 0 Å². The lowest BCUT2D eigenvalue weighted by atomic mass is 10.0. The third kappa shape index (κ3) is 3.34. The van der Waals surface area contributed by atoms with E-state index in [0.717, 1.165) is 24.0 Å². The second kappa shape index (κ2) is 5.87. The third-order valence-corrected chi connectivity index (χ3v) is 3.57. The summed E-state index contributed by atoms with van der Waals surface area (Å²) in [4.78, 5) is 25.3. The Kier molecular flexibility index (Phi) is 4.20. The molecule has 4 nitrogen and oxygen atoms in total. The summed E-state index contributed by atoms with van der Waals surface area (Å²) in [5.74, 6) is 0.100. The molecule has 0 atom stereocenters. The standard InChI is InChI=1S/C15H20N2O2/c1-11-5-3-4-6-14(11)15(19)17-9-7-13(8-10-17)16-12(2)18/h3-6,13H,7-10H2,1-2H3,(H,16,18). The van der Waals surface area contributed by atoms with Gasteiger partial charge < -0.3 is 10.2 Å². The fourth-order valence-corrected chi connectivity index (χ4v) is 2.50. The van der Waals surface area contributed by atoms with Gasteiger partial charge in [0.25, 0.3) is 5.91 Å². The predicted octanol–water partition coefficient (Wildman–Crippen LogP) is 1.74. The molecule has 1 N–H and O–H groups in total. The van der Waals surface area contributed by atoms with Crippen LogP contribution in [0.25, 0.3) is 0 Å². The van der Waals surface area contributed by atoms with Gasteiger partial charge in [0.2, 0.25) is 5.91 Å². The number of nitrogens with one attached hydrogen (secondary N) is 1. The average Bonchev–Trinajstić information content (AvgIpc) is 2.39. The Labute approximate surface area is 113 Å². The molecule has 0 aliphatic carbocycles. The smallest absolute Gasteiger partial charge is 0.254 e. The Morgan fingerprint density at radius 1 is 1.21 bits per heavy atom. The highest BCUT2D eigenvalue weighted by atomic mass is 16.2. The van der Waals surface area contributed by atoms with Crippen molar-refractivity contribution in [2.75, 3.05) is 13.1 Å². The summed E-state index contributed by atoms with van der Waals surface area (Å²) in [6, 6.07) is 7.87. The average molecular weight is 260 g/mol. The van der Waals surface area contributed by atoms with E-state index in [1.807, 2.05) is 36.1 Å². The Morgan fingerprint density at radius 2 is 1.84 bits per heavy atom. The minimum atomic E-state index is 0.00341. The van der Waals surface area contributed by atoms with Gasteiger partial charge in [0.05, 0.1) is 0 Å². The van der Waals surface area contributed by atoms with Crippen molar-refractivity contribution in [2.24, 2.45) is 0 Å². The molecule has 0 aromatic heterocycles. The normalized spacial score (nSPS) is 16.2. The first kappa shape index (κ1) is 13.6. The molecule has 102 valence electrons. The van der Waals surface area contributed by atoms with E-state index in [9.17, 15) is 9.59 Å². The lowest BCUT2D eigenvalue weighted by Gasteiger charge is -2.32. The van der Waals surface area contributed by atoms with Crippen molar-refractivity contribution in [3.63, 3.8) is 0 Å². The molecular weight excluding hydrogens is 240 g/mol.